The van der Waals surface area contributed by atoms with Crippen LogP contribution in [-0.2, 0) is 17.6 Å². The minimum atomic E-state index is -0.781. The third-order valence-electron chi connectivity index (χ3n) is 5.46. The monoisotopic (exact) mass is 407 g/mol. The van der Waals surface area contributed by atoms with E-state index >= 15 is 0 Å². The average molecular weight is 407 g/mol. The van der Waals surface area contributed by atoms with Gasteiger partial charge in [-0.25, -0.2) is 4.79 Å². The van der Waals surface area contributed by atoms with Crippen molar-refractivity contribution in [2.45, 2.75) is 38.7 Å². The molecule has 3 aromatic rings. The highest BCUT2D eigenvalue weighted by Crippen LogP contribution is 2.34. The lowest BCUT2D eigenvalue weighted by atomic mass is 9.90. The van der Waals surface area contributed by atoms with Crippen LogP contribution in [0.2, 0.25) is 0 Å². The maximum Gasteiger partial charge on any atom is 0.339 e. The van der Waals surface area contributed by atoms with Gasteiger partial charge in [0.25, 0.3) is 5.91 Å². The van der Waals surface area contributed by atoms with Gasteiger partial charge in [0, 0.05) is 12.1 Å². The standard InChI is InChI=1S/C24H25NO5/c1-15-11-20(23-17-9-5-6-10-18(17)24(28)30-21(23)12-15)29-14-22(27)25-13-19(26)16-7-3-2-4-8-16/h2-4,7-8,11-12,19,26H,5-6,9-10,13-14H2,1H3,(H,25,27)/t19-/m1/s1. The van der Waals surface area contributed by atoms with Gasteiger partial charge in [0.15, 0.2) is 6.61 Å². The number of ether oxygens (including phenoxy) is 1. The molecule has 0 bridgehead atoms. The van der Waals surface area contributed by atoms with Gasteiger partial charge in [-0.05, 0) is 61.4 Å². The Kier molecular flexibility index (Phi) is 5.86. The highest BCUT2D eigenvalue weighted by molar-refractivity contribution is 5.89. The van der Waals surface area contributed by atoms with Crippen LogP contribution in [-0.4, -0.2) is 24.2 Å². The molecule has 1 heterocycles. The van der Waals surface area contributed by atoms with Crippen molar-refractivity contribution in [3.8, 4) is 5.75 Å². The summed E-state index contributed by atoms with van der Waals surface area (Å²) in [5, 5.41) is 13.7. The largest absolute Gasteiger partial charge is 0.483 e. The number of hydrogen-bond donors (Lipinski definition) is 2. The first-order chi connectivity index (χ1) is 14.5. The number of amides is 1. The summed E-state index contributed by atoms with van der Waals surface area (Å²) in [6.45, 7) is 1.81. The van der Waals surface area contributed by atoms with E-state index in [-0.39, 0.29) is 24.7 Å². The number of carbonyl (C=O) groups is 1. The van der Waals surface area contributed by atoms with Crippen molar-refractivity contribution < 1.29 is 19.1 Å². The molecule has 1 atom stereocenters. The summed E-state index contributed by atoms with van der Waals surface area (Å²) < 4.78 is 11.4. The number of carbonyl (C=O) groups excluding carboxylic acids is 1. The molecule has 1 aliphatic rings. The Morgan fingerprint density at radius 3 is 2.67 bits per heavy atom. The van der Waals surface area contributed by atoms with Crippen molar-refractivity contribution in [2.24, 2.45) is 0 Å². The molecule has 0 aliphatic heterocycles. The fourth-order valence-corrected chi connectivity index (χ4v) is 3.98. The quantitative estimate of drug-likeness (QED) is 0.613. The van der Waals surface area contributed by atoms with Gasteiger partial charge in [-0.2, -0.15) is 0 Å². The zero-order valence-corrected chi connectivity index (χ0v) is 16.9. The maximum absolute atomic E-state index is 12.3. The Labute approximate surface area is 174 Å². The first-order valence-corrected chi connectivity index (χ1v) is 10.2. The number of rotatable bonds is 6. The predicted molar refractivity (Wildman–Crippen MR) is 114 cm³/mol. The smallest absolute Gasteiger partial charge is 0.339 e. The number of aliphatic hydroxyl groups is 1. The molecule has 0 saturated heterocycles. The van der Waals surface area contributed by atoms with Crippen molar-refractivity contribution in [2.75, 3.05) is 13.2 Å². The summed E-state index contributed by atoms with van der Waals surface area (Å²) >= 11 is 0. The number of fused-ring (bicyclic) bond motifs is 3. The SMILES string of the molecule is Cc1cc(OCC(=O)NC[C@@H](O)c2ccccc2)c2c3c(c(=O)oc2c1)CCCC3. The average Bonchev–Trinajstić information content (AvgIpc) is 2.76. The molecular formula is C24H25NO5. The molecule has 1 aromatic heterocycles. The molecule has 1 aliphatic carbocycles. The lowest BCUT2D eigenvalue weighted by Crippen LogP contribution is -2.32. The minimum absolute atomic E-state index is 0.102. The second-order valence-corrected chi connectivity index (χ2v) is 7.71. The zero-order chi connectivity index (χ0) is 21.1. The van der Waals surface area contributed by atoms with Gasteiger partial charge in [0.2, 0.25) is 0 Å². The second kappa shape index (κ2) is 8.71. The van der Waals surface area contributed by atoms with Crippen molar-refractivity contribution in [3.05, 3.63) is 75.1 Å². The number of hydrogen-bond acceptors (Lipinski definition) is 5. The molecule has 1 amide bonds. The Hall–Kier alpha value is -3.12. The lowest BCUT2D eigenvalue weighted by Gasteiger charge is -2.19. The van der Waals surface area contributed by atoms with E-state index in [4.69, 9.17) is 9.15 Å². The van der Waals surface area contributed by atoms with E-state index < -0.39 is 6.10 Å². The molecule has 0 fully saturated rings. The molecular weight excluding hydrogens is 382 g/mol. The predicted octanol–water partition coefficient (Wildman–Crippen LogP) is 3.21. The highest BCUT2D eigenvalue weighted by Gasteiger charge is 2.21. The van der Waals surface area contributed by atoms with E-state index in [1.165, 1.54) is 0 Å². The summed E-state index contributed by atoms with van der Waals surface area (Å²) in [7, 11) is 0. The third kappa shape index (κ3) is 4.24. The van der Waals surface area contributed by atoms with Crippen LogP contribution in [0.4, 0.5) is 0 Å². The Bertz CT molecular complexity index is 1120. The van der Waals surface area contributed by atoms with Gasteiger partial charge in [-0.1, -0.05) is 30.3 Å². The van der Waals surface area contributed by atoms with E-state index in [1.807, 2.05) is 49.4 Å². The fourth-order valence-electron chi connectivity index (χ4n) is 3.98. The summed E-state index contributed by atoms with van der Waals surface area (Å²) in [6.07, 6.45) is 2.70. The Morgan fingerprint density at radius 1 is 1.17 bits per heavy atom. The molecule has 30 heavy (non-hydrogen) atoms. The molecule has 2 aromatic carbocycles. The van der Waals surface area contributed by atoms with Gasteiger partial charge in [0.05, 0.1) is 11.5 Å². The first kappa shape index (κ1) is 20.2. The van der Waals surface area contributed by atoms with E-state index in [9.17, 15) is 14.7 Å². The maximum atomic E-state index is 12.3. The van der Waals surface area contributed by atoms with Crippen molar-refractivity contribution in [1.29, 1.82) is 0 Å². The summed E-state index contributed by atoms with van der Waals surface area (Å²) in [5.74, 6) is 0.219. The molecule has 0 unspecified atom stereocenters. The lowest BCUT2D eigenvalue weighted by molar-refractivity contribution is -0.123. The number of benzene rings is 2. The highest BCUT2D eigenvalue weighted by atomic mass is 16.5. The summed E-state index contributed by atoms with van der Waals surface area (Å²) in [4.78, 5) is 24.6. The van der Waals surface area contributed by atoms with Crippen LogP contribution in [0.3, 0.4) is 0 Å². The first-order valence-electron chi connectivity index (χ1n) is 10.2. The van der Waals surface area contributed by atoms with Gasteiger partial charge in [0.1, 0.15) is 11.3 Å². The van der Waals surface area contributed by atoms with Gasteiger partial charge in [-0.15, -0.1) is 0 Å². The molecule has 0 saturated carbocycles. The van der Waals surface area contributed by atoms with Crippen LogP contribution in [0.5, 0.6) is 5.75 Å². The molecule has 156 valence electrons. The molecule has 6 heteroatoms. The van der Waals surface area contributed by atoms with Crippen LogP contribution in [0.25, 0.3) is 11.0 Å². The fraction of sp³-hybridized carbons (Fsp3) is 0.333. The van der Waals surface area contributed by atoms with Crippen molar-refractivity contribution in [3.63, 3.8) is 0 Å². The third-order valence-corrected chi connectivity index (χ3v) is 5.46. The van der Waals surface area contributed by atoms with E-state index in [2.05, 4.69) is 5.32 Å². The van der Waals surface area contributed by atoms with E-state index in [0.717, 1.165) is 46.9 Å². The molecule has 0 radical (unpaired) electrons. The Morgan fingerprint density at radius 2 is 1.90 bits per heavy atom. The van der Waals surface area contributed by atoms with E-state index in [0.29, 0.717) is 17.8 Å². The van der Waals surface area contributed by atoms with Gasteiger partial charge in [-0.3, -0.25) is 4.79 Å². The second-order valence-electron chi connectivity index (χ2n) is 7.71. The minimum Gasteiger partial charge on any atom is -0.483 e. The number of aryl methyl sites for hydroxylation is 2. The van der Waals surface area contributed by atoms with Crippen LogP contribution in [0, 0.1) is 6.92 Å². The van der Waals surface area contributed by atoms with Crippen LogP contribution in [0.15, 0.2) is 51.7 Å². The number of nitrogens with one attached hydrogen (secondary N) is 1. The molecule has 6 nitrogen and oxygen atoms in total. The van der Waals surface area contributed by atoms with Crippen molar-refractivity contribution >= 4 is 16.9 Å². The molecule has 0 spiro atoms. The van der Waals surface area contributed by atoms with E-state index in [1.54, 1.807) is 0 Å². The zero-order valence-electron chi connectivity index (χ0n) is 16.9. The Balaban J connectivity index is 1.50. The summed E-state index contributed by atoms with van der Waals surface area (Å²) in [6, 6.07) is 12.9. The van der Waals surface area contributed by atoms with Gasteiger partial charge >= 0.3 is 5.63 Å². The molecule has 2 N–H and O–H groups in total. The van der Waals surface area contributed by atoms with Crippen LogP contribution in [0.1, 0.15) is 41.2 Å². The van der Waals surface area contributed by atoms with Crippen LogP contribution < -0.4 is 15.7 Å². The molecule has 4 rings (SSSR count). The number of aliphatic hydroxyl groups excluding tert-OH is 1. The van der Waals surface area contributed by atoms with Gasteiger partial charge < -0.3 is 19.6 Å². The van der Waals surface area contributed by atoms with Crippen molar-refractivity contribution in [1.82, 2.24) is 5.32 Å². The topological polar surface area (TPSA) is 88.8 Å². The summed E-state index contributed by atoms with van der Waals surface area (Å²) in [5.41, 5.74) is 3.54. The normalized spacial score (nSPS) is 14.2. The van der Waals surface area contributed by atoms with Crippen LogP contribution >= 0.6 is 0 Å².